The Bertz CT molecular complexity index is 873. The number of anilines is 1. The van der Waals surface area contributed by atoms with Crippen molar-refractivity contribution in [2.24, 2.45) is 0 Å². The molecule has 3 rings (SSSR count). The highest BCUT2D eigenvalue weighted by molar-refractivity contribution is 6.34. The summed E-state index contributed by atoms with van der Waals surface area (Å²) in [5.41, 5.74) is 1.07. The van der Waals surface area contributed by atoms with Gasteiger partial charge in [0, 0.05) is 18.8 Å². The van der Waals surface area contributed by atoms with Crippen LogP contribution in [-0.2, 0) is 13.1 Å². The number of hydrogen-bond donors (Lipinski definition) is 1. The fourth-order valence-corrected chi connectivity index (χ4v) is 2.57. The minimum Gasteiger partial charge on any atom is -0.304 e. The molecule has 1 N–H and O–H groups in total. The van der Waals surface area contributed by atoms with E-state index < -0.39 is 0 Å². The molecule has 24 heavy (non-hydrogen) atoms. The van der Waals surface area contributed by atoms with Gasteiger partial charge in [-0.25, -0.2) is 4.39 Å². The van der Waals surface area contributed by atoms with Gasteiger partial charge >= 0.3 is 0 Å². The maximum atomic E-state index is 13.2. The van der Waals surface area contributed by atoms with Crippen molar-refractivity contribution in [2.75, 3.05) is 5.32 Å². The molecule has 0 unspecified atom stereocenters. The zero-order chi connectivity index (χ0) is 17.1. The van der Waals surface area contributed by atoms with E-state index in [1.807, 2.05) is 13.0 Å². The first-order valence-electron chi connectivity index (χ1n) is 7.37. The largest absolute Gasteiger partial charge is 0.304 e. The van der Waals surface area contributed by atoms with Crippen molar-refractivity contribution in [1.82, 2.24) is 19.6 Å². The Morgan fingerprint density at radius 1 is 1.38 bits per heavy atom. The molecule has 0 aliphatic rings. The lowest BCUT2D eigenvalue weighted by molar-refractivity contribution is 0.101. The topological polar surface area (TPSA) is 64.7 Å². The fraction of sp³-hybridized carbons (Fsp3) is 0.188. The van der Waals surface area contributed by atoms with Crippen LogP contribution >= 0.6 is 11.6 Å². The monoisotopic (exact) mass is 347 g/mol. The summed E-state index contributed by atoms with van der Waals surface area (Å²) in [7, 11) is 0. The Labute approximate surface area is 142 Å². The van der Waals surface area contributed by atoms with Crippen LogP contribution in [0.4, 0.5) is 10.2 Å². The lowest BCUT2D eigenvalue weighted by Crippen LogP contribution is -2.18. The van der Waals surface area contributed by atoms with Crippen LogP contribution in [0.3, 0.4) is 0 Å². The Morgan fingerprint density at radius 2 is 2.21 bits per heavy atom. The van der Waals surface area contributed by atoms with Crippen LogP contribution in [0.25, 0.3) is 0 Å². The van der Waals surface area contributed by atoms with Gasteiger partial charge < -0.3 is 5.32 Å². The lowest BCUT2D eigenvalue weighted by atomic mass is 10.2. The highest BCUT2D eigenvalue weighted by atomic mass is 35.5. The van der Waals surface area contributed by atoms with Crippen LogP contribution in [-0.4, -0.2) is 25.5 Å². The average Bonchev–Trinajstić information content (AvgIpc) is 3.13. The first-order valence-corrected chi connectivity index (χ1v) is 7.75. The van der Waals surface area contributed by atoms with Gasteiger partial charge in [-0.3, -0.25) is 14.2 Å². The summed E-state index contributed by atoms with van der Waals surface area (Å²) in [4.78, 5) is 12.3. The van der Waals surface area contributed by atoms with Gasteiger partial charge in [-0.15, -0.1) is 0 Å². The number of rotatable bonds is 5. The molecular weight excluding hydrogens is 333 g/mol. The molecule has 0 bridgehead atoms. The van der Waals surface area contributed by atoms with E-state index in [0.29, 0.717) is 24.6 Å². The molecule has 3 aromatic rings. The van der Waals surface area contributed by atoms with Crippen molar-refractivity contribution < 1.29 is 9.18 Å². The van der Waals surface area contributed by atoms with Crippen LogP contribution < -0.4 is 5.32 Å². The minimum absolute atomic E-state index is 0.286. The van der Waals surface area contributed by atoms with Crippen molar-refractivity contribution >= 4 is 23.3 Å². The SMILES string of the molecule is CCn1ncc(Cl)c1C(=O)Nc1ccn(Cc2cccc(F)c2)n1. The third-order valence-electron chi connectivity index (χ3n) is 3.43. The van der Waals surface area contributed by atoms with Crippen molar-refractivity contribution in [3.63, 3.8) is 0 Å². The van der Waals surface area contributed by atoms with Crippen molar-refractivity contribution in [2.45, 2.75) is 20.0 Å². The van der Waals surface area contributed by atoms with Crippen molar-refractivity contribution in [3.05, 3.63) is 64.8 Å². The zero-order valence-corrected chi connectivity index (χ0v) is 13.7. The second-order valence-electron chi connectivity index (χ2n) is 5.14. The van der Waals surface area contributed by atoms with E-state index in [0.717, 1.165) is 5.56 Å². The second-order valence-corrected chi connectivity index (χ2v) is 5.55. The van der Waals surface area contributed by atoms with E-state index in [-0.39, 0.29) is 16.7 Å². The zero-order valence-electron chi connectivity index (χ0n) is 12.9. The molecule has 0 spiro atoms. The molecular formula is C16H15ClFN5O. The fourth-order valence-electron chi connectivity index (χ4n) is 2.34. The molecule has 8 heteroatoms. The number of halogens is 2. The van der Waals surface area contributed by atoms with Crippen LogP contribution in [0.5, 0.6) is 0 Å². The molecule has 0 fully saturated rings. The first kappa shape index (κ1) is 16.2. The van der Waals surface area contributed by atoms with Crippen LogP contribution in [0.2, 0.25) is 5.02 Å². The lowest BCUT2D eigenvalue weighted by Gasteiger charge is -2.05. The van der Waals surface area contributed by atoms with Crippen molar-refractivity contribution in [1.29, 1.82) is 0 Å². The summed E-state index contributed by atoms with van der Waals surface area (Å²) >= 11 is 6.01. The van der Waals surface area contributed by atoms with Gasteiger partial charge in [0.15, 0.2) is 5.82 Å². The smallest absolute Gasteiger partial charge is 0.276 e. The van der Waals surface area contributed by atoms with Gasteiger partial charge in [-0.2, -0.15) is 10.2 Å². The molecule has 0 radical (unpaired) electrons. The number of carbonyl (C=O) groups is 1. The summed E-state index contributed by atoms with van der Waals surface area (Å²) in [6, 6.07) is 7.95. The Morgan fingerprint density at radius 3 is 2.96 bits per heavy atom. The molecule has 1 aromatic carbocycles. The van der Waals surface area contributed by atoms with Gasteiger partial charge in [0.1, 0.15) is 11.5 Å². The van der Waals surface area contributed by atoms with Gasteiger partial charge in [0.05, 0.1) is 17.8 Å². The summed E-state index contributed by atoms with van der Waals surface area (Å²) in [5, 5.41) is 11.3. The summed E-state index contributed by atoms with van der Waals surface area (Å²) in [6.07, 6.45) is 3.14. The Kier molecular flexibility index (Phi) is 4.61. The van der Waals surface area contributed by atoms with Crippen molar-refractivity contribution in [3.8, 4) is 0 Å². The highest BCUT2D eigenvalue weighted by Gasteiger charge is 2.17. The minimum atomic E-state index is -0.379. The average molecular weight is 348 g/mol. The normalized spacial score (nSPS) is 10.8. The van der Waals surface area contributed by atoms with Gasteiger partial charge in [0.2, 0.25) is 0 Å². The highest BCUT2D eigenvalue weighted by Crippen LogP contribution is 2.17. The van der Waals surface area contributed by atoms with Gasteiger partial charge in [0.25, 0.3) is 5.91 Å². The number of benzene rings is 1. The molecule has 0 saturated carbocycles. The molecule has 6 nitrogen and oxygen atoms in total. The van der Waals surface area contributed by atoms with E-state index in [9.17, 15) is 9.18 Å². The van der Waals surface area contributed by atoms with Gasteiger partial charge in [-0.05, 0) is 24.6 Å². The number of aromatic nitrogens is 4. The standard InChI is InChI=1S/C16H15ClFN5O/c1-2-23-15(13(17)9-19-23)16(24)20-14-6-7-22(21-14)10-11-4-3-5-12(18)8-11/h3-9H,2,10H2,1H3,(H,20,21,24). The predicted octanol–water partition coefficient (Wildman–Crippen LogP) is 3.19. The molecule has 124 valence electrons. The summed E-state index contributed by atoms with van der Waals surface area (Å²) < 4.78 is 16.3. The van der Waals surface area contributed by atoms with E-state index in [1.54, 1.807) is 23.0 Å². The molecule has 0 atom stereocenters. The quantitative estimate of drug-likeness (QED) is 0.770. The molecule has 0 aliphatic heterocycles. The van der Waals surface area contributed by atoms with Crippen LogP contribution in [0, 0.1) is 5.82 Å². The Balaban J connectivity index is 1.72. The third kappa shape index (κ3) is 3.46. The number of aryl methyl sites for hydroxylation is 1. The maximum absolute atomic E-state index is 13.2. The number of carbonyl (C=O) groups excluding carboxylic acids is 1. The summed E-state index contributed by atoms with van der Waals surface area (Å²) in [5.74, 6) is -0.290. The predicted molar refractivity (Wildman–Crippen MR) is 88.6 cm³/mol. The van der Waals surface area contributed by atoms with Crippen LogP contribution in [0.15, 0.2) is 42.7 Å². The number of amides is 1. The molecule has 2 aromatic heterocycles. The van der Waals surface area contributed by atoms with E-state index >= 15 is 0 Å². The number of nitrogens with one attached hydrogen (secondary N) is 1. The first-order chi connectivity index (χ1) is 11.6. The van der Waals surface area contributed by atoms with Crippen LogP contribution in [0.1, 0.15) is 23.0 Å². The summed E-state index contributed by atoms with van der Waals surface area (Å²) in [6.45, 7) is 2.80. The second kappa shape index (κ2) is 6.84. The third-order valence-corrected chi connectivity index (χ3v) is 3.70. The molecule has 2 heterocycles. The molecule has 1 amide bonds. The molecule has 0 aliphatic carbocycles. The van der Waals surface area contributed by atoms with E-state index in [2.05, 4.69) is 15.5 Å². The number of hydrogen-bond acceptors (Lipinski definition) is 3. The maximum Gasteiger partial charge on any atom is 0.276 e. The van der Waals surface area contributed by atoms with E-state index in [4.69, 9.17) is 11.6 Å². The Hall–Kier alpha value is -2.67. The molecule has 0 saturated heterocycles. The van der Waals surface area contributed by atoms with Gasteiger partial charge in [-0.1, -0.05) is 23.7 Å². The number of nitrogens with zero attached hydrogens (tertiary/aromatic N) is 4. The van der Waals surface area contributed by atoms with E-state index in [1.165, 1.54) is 23.0 Å².